The van der Waals surface area contributed by atoms with Crippen LogP contribution in [0.4, 0.5) is 10.5 Å². The van der Waals surface area contributed by atoms with Crippen LogP contribution in [0.3, 0.4) is 0 Å². The van der Waals surface area contributed by atoms with Crippen LogP contribution in [-0.4, -0.2) is 11.7 Å². The standard InChI is InChI=1S/C11H17NO2S/c1-7-6-9(8(2)15-7)12-10(13)14-11(3,4)5/h6H,1-5H3,(H,12,13). The number of ether oxygens (including phenoxy) is 1. The number of carbonyl (C=O) groups is 1. The van der Waals surface area contributed by atoms with Gasteiger partial charge in [-0.1, -0.05) is 0 Å². The van der Waals surface area contributed by atoms with E-state index in [9.17, 15) is 4.79 Å². The summed E-state index contributed by atoms with van der Waals surface area (Å²) in [6, 6.07) is 1.95. The lowest BCUT2D eigenvalue weighted by molar-refractivity contribution is 0.0636. The Kier molecular flexibility index (Phi) is 3.39. The van der Waals surface area contributed by atoms with Gasteiger partial charge < -0.3 is 4.74 Å². The molecule has 15 heavy (non-hydrogen) atoms. The van der Waals surface area contributed by atoms with Crippen LogP contribution < -0.4 is 5.32 Å². The van der Waals surface area contributed by atoms with Crippen LogP contribution in [0.25, 0.3) is 0 Å². The van der Waals surface area contributed by atoms with E-state index in [2.05, 4.69) is 5.32 Å². The largest absolute Gasteiger partial charge is 0.444 e. The molecule has 1 aromatic rings. The third-order valence-corrected chi connectivity index (χ3v) is 2.64. The number of anilines is 1. The van der Waals surface area contributed by atoms with Crippen molar-refractivity contribution in [1.82, 2.24) is 0 Å². The van der Waals surface area contributed by atoms with Crippen LogP contribution in [0.1, 0.15) is 30.5 Å². The number of nitrogens with one attached hydrogen (secondary N) is 1. The van der Waals surface area contributed by atoms with E-state index in [4.69, 9.17) is 4.74 Å². The number of hydrogen-bond donors (Lipinski definition) is 1. The lowest BCUT2D eigenvalue weighted by Crippen LogP contribution is -2.27. The zero-order valence-corrected chi connectivity index (χ0v) is 10.6. The first kappa shape index (κ1) is 12.0. The normalized spacial score (nSPS) is 11.3. The van der Waals surface area contributed by atoms with Gasteiger partial charge in [0.2, 0.25) is 0 Å². The number of hydrogen-bond acceptors (Lipinski definition) is 3. The van der Waals surface area contributed by atoms with Gasteiger partial charge in [0.1, 0.15) is 5.60 Å². The van der Waals surface area contributed by atoms with Gasteiger partial charge in [-0.05, 0) is 40.7 Å². The number of amides is 1. The molecular weight excluding hydrogens is 210 g/mol. The number of rotatable bonds is 1. The molecule has 0 unspecified atom stereocenters. The summed E-state index contributed by atoms with van der Waals surface area (Å²) in [6.45, 7) is 9.53. The van der Waals surface area contributed by atoms with Gasteiger partial charge in [-0.25, -0.2) is 4.79 Å². The molecule has 0 saturated carbocycles. The van der Waals surface area contributed by atoms with Crippen LogP contribution in [-0.2, 0) is 4.74 Å². The minimum Gasteiger partial charge on any atom is -0.444 e. The molecule has 1 N–H and O–H groups in total. The number of thiophene rings is 1. The Labute approximate surface area is 94.5 Å². The van der Waals surface area contributed by atoms with Gasteiger partial charge in [0, 0.05) is 9.75 Å². The first-order valence-electron chi connectivity index (χ1n) is 4.85. The van der Waals surface area contributed by atoms with Gasteiger partial charge in [0.15, 0.2) is 0 Å². The lowest BCUT2D eigenvalue weighted by atomic mass is 10.2. The zero-order chi connectivity index (χ0) is 11.6. The van der Waals surface area contributed by atoms with Crippen LogP contribution in [0.15, 0.2) is 6.07 Å². The number of aryl methyl sites for hydroxylation is 2. The molecule has 84 valence electrons. The molecule has 1 aromatic heterocycles. The molecule has 0 fully saturated rings. The summed E-state index contributed by atoms with van der Waals surface area (Å²) in [5, 5.41) is 2.74. The van der Waals surface area contributed by atoms with Crippen LogP contribution >= 0.6 is 11.3 Å². The van der Waals surface area contributed by atoms with Crippen LogP contribution in [0, 0.1) is 13.8 Å². The van der Waals surface area contributed by atoms with Gasteiger partial charge in [0.25, 0.3) is 0 Å². The van der Waals surface area contributed by atoms with E-state index in [0.29, 0.717) is 0 Å². The highest BCUT2D eigenvalue weighted by molar-refractivity contribution is 7.12. The van der Waals surface area contributed by atoms with Crippen molar-refractivity contribution in [2.45, 2.75) is 40.2 Å². The predicted octanol–water partition coefficient (Wildman–Crippen LogP) is 3.71. The molecule has 1 heterocycles. The minimum absolute atomic E-state index is 0.400. The molecule has 0 saturated heterocycles. The van der Waals surface area contributed by atoms with Gasteiger partial charge in [-0.15, -0.1) is 11.3 Å². The summed E-state index contributed by atoms with van der Waals surface area (Å²) in [5.74, 6) is 0. The monoisotopic (exact) mass is 227 g/mol. The molecular formula is C11H17NO2S. The van der Waals surface area contributed by atoms with Crippen molar-refractivity contribution in [3.05, 3.63) is 15.8 Å². The van der Waals surface area contributed by atoms with Gasteiger partial charge in [-0.2, -0.15) is 0 Å². The summed E-state index contributed by atoms with van der Waals surface area (Å²) in [5.41, 5.74) is 0.384. The first-order valence-corrected chi connectivity index (χ1v) is 5.66. The quantitative estimate of drug-likeness (QED) is 0.794. The summed E-state index contributed by atoms with van der Waals surface area (Å²) < 4.78 is 5.16. The van der Waals surface area contributed by atoms with E-state index < -0.39 is 11.7 Å². The fourth-order valence-corrected chi connectivity index (χ4v) is 2.05. The molecule has 0 aliphatic carbocycles. The van der Waals surface area contributed by atoms with E-state index in [1.807, 2.05) is 40.7 Å². The van der Waals surface area contributed by atoms with Crippen molar-refractivity contribution in [2.24, 2.45) is 0 Å². The second-order valence-corrected chi connectivity index (χ2v) is 5.91. The highest BCUT2D eigenvalue weighted by Crippen LogP contribution is 2.25. The zero-order valence-electron chi connectivity index (χ0n) is 9.80. The van der Waals surface area contributed by atoms with E-state index in [-0.39, 0.29) is 0 Å². The second-order valence-electron chi connectivity index (χ2n) is 4.45. The lowest BCUT2D eigenvalue weighted by Gasteiger charge is -2.19. The SMILES string of the molecule is Cc1cc(NC(=O)OC(C)(C)C)c(C)s1. The van der Waals surface area contributed by atoms with Crippen LogP contribution in [0.2, 0.25) is 0 Å². The Morgan fingerprint density at radius 3 is 2.40 bits per heavy atom. The summed E-state index contributed by atoms with van der Waals surface area (Å²) >= 11 is 1.66. The average Bonchev–Trinajstić information content (AvgIpc) is 2.25. The maximum absolute atomic E-state index is 11.5. The molecule has 0 aliphatic heterocycles. The predicted molar refractivity (Wildman–Crippen MR) is 63.6 cm³/mol. The Bertz CT molecular complexity index is 363. The molecule has 0 aromatic carbocycles. The van der Waals surface area contributed by atoms with Crippen molar-refractivity contribution in [1.29, 1.82) is 0 Å². The van der Waals surface area contributed by atoms with Gasteiger partial charge >= 0.3 is 6.09 Å². The summed E-state index contributed by atoms with van der Waals surface area (Å²) in [7, 11) is 0. The molecule has 0 atom stereocenters. The van der Waals surface area contributed by atoms with E-state index in [1.165, 1.54) is 4.88 Å². The molecule has 0 spiro atoms. The maximum atomic E-state index is 11.5. The van der Waals surface area contributed by atoms with Gasteiger partial charge in [-0.3, -0.25) is 5.32 Å². The molecule has 0 aliphatic rings. The third-order valence-electron chi connectivity index (χ3n) is 1.68. The second kappa shape index (κ2) is 4.23. The van der Waals surface area contributed by atoms with Crippen molar-refractivity contribution in [3.8, 4) is 0 Å². The fraction of sp³-hybridized carbons (Fsp3) is 0.545. The van der Waals surface area contributed by atoms with Crippen molar-refractivity contribution < 1.29 is 9.53 Å². The van der Waals surface area contributed by atoms with Crippen molar-refractivity contribution >= 4 is 23.1 Å². The Hall–Kier alpha value is -1.03. The van der Waals surface area contributed by atoms with Crippen molar-refractivity contribution in [2.75, 3.05) is 5.32 Å². The maximum Gasteiger partial charge on any atom is 0.412 e. The average molecular weight is 227 g/mol. The van der Waals surface area contributed by atoms with E-state index in [1.54, 1.807) is 11.3 Å². The minimum atomic E-state index is -0.455. The molecule has 0 bridgehead atoms. The highest BCUT2D eigenvalue weighted by atomic mass is 32.1. The fourth-order valence-electron chi connectivity index (χ4n) is 1.17. The third kappa shape index (κ3) is 3.91. The molecule has 0 radical (unpaired) electrons. The molecule has 1 rings (SSSR count). The van der Waals surface area contributed by atoms with Crippen molar-refractivity contribution in [3.63, 3.8) is 0 Å². The molecule has 4 heteroatoms. The topological polar surface area (TPSA) is 38.3 Å². The first-order chi connectivity index (χ1) is 6.78. The van der Waals surface area contributed by atoms with E-state index in [0.717, 1.165) is 10.6 Å². The Morgan fingerprint density at radius 2 is 2.00 bits per heavy atom. The molecule has 3 nitrogen and oxygen atoms in total. The Morgan fingerprint density at radius 1 is 1.40 bits per heavy atom. The van der Waals surface area contributed by atoms with Gasteiger partial charge in [0.05, 0.1) is 5.69 Å². The summed E-state index contributed by atoms with van der Waals surface area (Å²) in [4.78, 5) is 13.7. The van der Waals surface area contributed by atoms with Crippen LogP contribution in [0.5, 0.6) is 0 Å². The van der Waals surface area contributed by atoms with E-state index >= 15 is 0 Å². The Balaban J connectivity index is 2.63. The smallest absolute Gasteiger partial charge is 0.412 e. The number of carbonyl (C=O) groups excluding carboxylic acids is 1. The highest BCUT2D eigenvalue weighted by Gasteiger charge is 2.17. The molecule has 1 amide bonds. The summed E-state index contributed by atoms with van der Waals surface area (Å²) in [6.07, 6.45) is -0.400.